The summed E-state index contributed by atoms with van der Waals surface area (Å²) in [7, 11) is 0. The van der Waals surface area contributed by atoms with Crippen LogP contribution in [-0.2, 0) is 0 Å². The number of hydrogen-bond donors (Lipinski definition) is 0. The van der Waals surface area contributed by atoms with Gasteiger partial charge in [0.05, 0.1) is 0 Å². The second-order valence-corrected chi connectivity index (χ2v) is 5.86. The largest absolute Gasteiger partial charge is 0.359 e. The summed E-state index contributed by atoms with van der Waals surface area (Å²) in [5.41, 5.74) is 0. The number of hydrogen-bond acceptors (Lipinski definition) is 3. The van der Waals surface area contributed by atoms with Gasteiger partial charge in [0.25, 0.3) is 0 Å². The third kappa shape index (κ3) is 5.12. The topological polar surface area (TPSA) is 26.5 Å². The Kier molecular flexibility index (Phi) is 6.67. The molecule has 1 aliphatic carbocycles. The quantitative estimate of drug-likeness (QED) is 0.253. The van der Waals surface area contributed by atoms with Gasteiger partial charge in [-0.05, 0) is 37.8 Å². The molecule has 114 valence electrons. The zero-order valence-corrected chi connectivity index (χ0v) is 13.4. The van der Waals surface area contributed by atoms with E-state index < -0.39 is 0 Å². The summed E-state index contributed by atoms with van der Waals surface area (Å²) in [6, 6.07) is 5.71. The van der Waals surface area contributed by atoms with Gasteiger partial charge in [0.1, 0.15) is 4.64 Å². The highest BCUT2D eigenvalue weighted by molar-refractivity contribution is 7.71. The summed E-state index contributed by atoms with van der Waals surface area (Å²) < 4.78 is 2.32. The summed E-state index contributed by atoms with van der Waals surface area (Å²) in [5, 5.41) is 0. The van der Waals surface area contributed by atoms with Gasteiger partial charge in [0.2, 0.25) is 5.90 Å². The predicted molar refractivity (Wildman–Crippen MR) is 90.2 cm³/mol. The minimum absolute atomic E-state index is 0.435. The molecule has 2 rings (SSSR count). The van der Waals surface area contributed by atoms with Gasteiger partial charge in [-0.2, -0.15) is 4.73 Å². The Hall–Kier alpha value is -1.42. The Morgan fingerprint density at radius 3 is 2.90 bits per heavy atom. The van der Waals surface area contributed by atoms with Crippen LogP contribution in [0.25, 0.3) is 0 Å². The zero-order chi connectivity index (χ0) is 14.9. The molecule has 0 unspecified atom stereocenters. The molecule has 1 aliphatic rings. The fourth-order valence-electron chi connectivity index (χ4n) is 2.60. The first kappa shape index (κ1) is 16.0. The van der Waals surface area contributed by atoms with E-state index in [1.807, 2.05) is 30.5 Å². The van der Waals surface area contributed by atoms with Crippen LogP contribution >= 0.6 is 12.2 Å². The molecule has 4 heteroatoms. The summed E-state index contributed by atoms with van der Waals surface area (Å²) >= 11 is 5.30. The highest BCUT2D eigenvalue weighted by Gasteiger charge is 2.21. The molecule has 1 heterocycles. The molecule has 0 radical (unpaired) electrons. The average molecular weight is 304 g/mol. The maximum atomic E-state index is 6.00. The van der Waals surface area contributed by atoms with Crippen molar-refractivity contribution in [1.29, 1.82) is 0 Å². The van der Waals surface area contributed by atoms with Crippen molar-refractivity contribution in [2.45, 2.75) is 44.9 Å². The summed E-state index contributed by atoms with van der Waals surface area (Å²) in [4.78, 5) is 10.7. The lowest BCUT2D eigenvalue weighted by Gasteiger charge is -2.23. The third-order valence-electron chi connectivity index (χ3n) is 3.77. The molecule has 3 nitrogen and oxygen atoms in total. The fraction of sp³-hybridized carbons (Fsp3) is 0.529. The van der Waals surface area contributed by atoms with E-state index in [1.54, 1.807) is 4.73 Å². The molecule has 21 heavy (non-hydrogen) atoms. The van der Waals surface area contributed by atoms with Crippen molar-refractivity contribution < 1.29 is 4.84 Å². The number of unbranched alkanes of at least 4 members (excludes halogenated alkanes) is 1. The molecule has 0 atom stereocenters. The Morgan fingerprint density at radius 1 is 1.38 bits per heavy atom. The SMILES string of the molecule is C=CCCCN=C(On1ccccc1=S)C1CCCCC1. The van der Waals surface area contributed by atoms with Gasteiger partial charge < -0.3 is 4.84 Å². The molecule has 1 fully saturated rings. The van der Waals surface area contributed by atoms with Gasteiger partial charge in [-0.25, -0.2) is 0 Å². The highest BCUT2D eigenvalue weighted by atomic mass is 32.1. The standard InChI is InChI=1S/C17H24N2OS/c1-2-3-8-13-18-17(15-10-5-4-6-11-15)20-19-14-9-7-12-16(19)21/h2,7,9,12,14-15H,1,3-6,8,10-11,13H2. The molecule has 0 bridgehead atoms. The van der Waals surface area contributed by atoms with Crippen LogP contribution in [0.5, 0.6) is 0 Å². The van der Waals surface area contributed by atoms with Gasteiger partial charge in [-0.3, -0.25) is 4.99 Å². The molecule has 0 aromatic carbocycles. The van der Waals surface area contributed by atoms with Crippen LogP contribution in [0.4, 0.5) is 0 Å². The predicted octanol–water partition coefficient (Wildman–Crippen LogP) is 4.59. The maximum Gasteiger partial charge on any atom is 0.221 e. The van der Waals surface area contributed by atoms with E-state index in [-0.39, 0.29) is 0 Å². The van der Waals surface area contributed by atoms with Crippen molar-refractivity contribution in [2.75, 3.05) is 6.54 Å². The second kappa shape index (κ2) is 8.78. The zero-order valence-electron chi connectivity index (χ0n) is 12.5. The van der Waals surface area contributed by atoms with Crippen molar-refractivity contribution in [3.63, 3.8) is 0 Å². The highest BCUT2D eigenvalue weighted by Crippen LogP contribution is 2.25. The first-order valence-corrected chi connectivity index (χ1v) is 8.23. The number of aromatic nitrogens is 1. The van der Waals surface area contributed by atoms with E-state index in [9.17, 15) is 0 Å². The first-order chi connectivity index (χ1) is 10.3. The van der Waals surface area contributed by atoms with Crippen LogP contribution in [0.1, 0.15) is 44.9 Å². The van der Waals surface area contributed by atoms with Crippen molar-refractivity contribution in [1.82, 2.24) is 4.73 Å². The van der Waals surface area contributed by atoms with E-state index >= 15 is 0 Å². The summed E-state index contributed by atoms with van der Waals surface area (Å²) in [6.45, 7) is 4.54. The Balaban J connectivity index is 2.08. The molecule has 0 amide bonds. The van der Waals surface area contributed by atoms with Crippen LogP contribution in [0.3, 0.4) is 0 Å². The van der Waals surface area contributed by atoms with Crippen LogP contribution in [0, 0.1) is 10.6 Å². The van der Waals surface area contributed by atoms with Crippen LogP contribution < -0.4 is 4.84 Å². The number of aliphatic imine (C=N–C) groups is 1. The van der Waals surface area contributed by atoms with E-state index in [0.29, 0.717) is 10.6 Å². The maximum absolute atomic E-state index is 6.00. The molecule has 1 aromatic heterocycles. The smallest absolute Gasteiger partial charge is 0.221 e. The first-order valence-electron chi connectivity index (χ1n) is 7.82. The lowest BCUT2D eigenvalue weighted by Crippen LogP contribution is -2.29. The van der Waals surface area contributed by atoms with Gasteiger partial charge in [0.15, 0.2) is 0 Å². The molecular weight excluding hydrogens is 280 g/mol. The normalized spacial score (nSPS) is 16.7. The van der Waals surface area contributed by atoms with E-state index in [0.717, 1.165) is 25.3 Å². The van der Waals surface area contributed by atoms with Gasteiger partial charge in [0, 0.05) is 18.7 Å². The van der Waals surface area contributed by atoms with Crippen LogP contribution in [-0.4, -0.2) is 17.2 Å². The number of nitrogens with zero attached hydrogens (tertiary/aromatic N) is 2. The third-order valence-corrected chi connectivity index (χ3v) is 4.08. The fourth-order valence-corrected chi connectivity index (χ4v) is 2.77. The van der Waals surface area contributed by atoms with E-state index in [2.05, 4.69) is 6.58 Å². The Morgan fingerprint density at radius 2 is 2.19 bits per heavy atom. The van der Waals surface area contributed by atoms with Crippen molar-refractivity contribution in [3.8, 4) is 0 Å². The average Bonchev–Trinajstić information content (AvgIpc) is 2.53. The van der Waals surface area contributed by atoms with Gasteiger partial charge in [-0.15, -0.1) is 6.58 Å². The number of pyridine rings is 1. The van der Waals surface area contributed by atoms with E-state index in [1.165, 1.54) is 32.1 Å². The summed E-state index contributed by atoms with van der Waals surface area (Å²) in [5.74, 6) is 1.28. The van der Waals surface area contributed by atoms with Crippen molar-refractivity contribution in [3.05, 3.63) is 41.7 Å². The lowest BCUT2D eigenvalue weighted by atomic mass is 9.89. The molecule has 0 saturated heterocycles. The molecule has 0 N–H and O–H groups in total. The number of allylic oxidation sites excluding steroid dienone is 1. The minimum Gasteiger partial charge on any atom is -0.359 e. The molecule has 1 saturated carbocycles. The van der Waals surface area contributed by atoms with E-state index in [4.69, 9.17) is 22.0 Å². The monoisotopic (exact) mass is 304 g/mol. The minimum atomic E-state index is 0.435. The van der Waals surface area contributed by atoms with Crippen LogP contribution in [0.2, 0.25) is 0 Å². The van der Waals surface area contributed by atoms with Crippen molar-refractivity contribution >= 4 is 18.1 Å². The number of rotatable bonds is 6. The molecule has 0 aliphatic heterocycles. The Bertz CT molecular complexity index is 530. The van der Waals surface area contributed by atoms with Gasteiger partial charge >= 0.3 is 0 Å². The van der Waals surface area contributed by atoms with Crippen molar-refractivity contribution in [2.24, 2.45) is 10.9 Å². The van der Waals surface area contributed by atoms with Gasteiger partial charge in [-0.1, -0.05) is 43.6 Å². The lowest BCUT2D eigenvalue weighted by molar-refractivity contribution is 0.224. The molecular formula is C17H24N2OS. The van der Waals surface area contributed by atoms with Crippen LogP contribution in [0.15, 0.2) is 42.0 Å². The Labute approximate surface area is 132 Å². The molecule has 0 spiro atoms. The second-order valence-electron chi connectivity index (χ2n) is 5.44. The molecule has 1 aromatic rings. The summed E-state index contributed by atoms with van der Waals surface area (Å²) in [6.07, 6.45) is 12.0.